The summed E-state index contributed by atoms with van der Waals surface area (Å²) in [5.74, 6) is 0. The number of unbranched alkanes of at least 4 members (excludes halogenated alkanes) is 10. The van der Waals surface area contributed by atoms with Gasteiger partial charge in [-0.05, 0) is 25.7 Å². The fourth-order valence-corrected chi connectivity index (χ4v) is 4.72. The topological polar surface area (TPSA) is 21.3 Å². The van der Waals surface area contributed by atoms with Gasteiger partial charge in [-0.3, -0.25) is 0 Å². The maximum atomic E-state index is 5.43. The van der Waals surface area contributed by atoms with Crippen LogP contribution < -0.4 is 5.32 Å². The van der Waals surface area contributed by atoms with Crippen LogP contribution >= 0.6 is 0 Å². The van der Waals surface area contributed by atoms with Crippen molar-refractivity contribution in [2.75, 3.05) is 13.2 Å². The molecule has 0 amide bonds. The maximum Gasteiger partial charge on any atom is 0.0545 e. The van der Waals surface area contributed by atoms with E-state index < -0.39 is 0 Å². The van der Waals surface area contributed by atoms with Crippen molar-refractivity contribution in [1.82, 2.24) is 5.32 Å². The molecule has 1 aliphatic carbocycles. The van der Waals surface area contributed by atoms with Gasteiger partial charge in [-0.25, -0.2) is 0 Å². The van der Waals surface area contributed by atoms with Crippen molar-refractivity contribution in [1.29, 1.82) is 0 Å². The van der Waals surface area contributed by atoms with E-state index in [1.54, 1.807) is 0 Å². The monoisotopic (exact) mass is 351 g/mol. The maximum absolute atomic E-state index is 5.43. The first kappa shape index (κ1) is 21.2. The second-order valence-electron chi connectivity index (χ2n) is 9.07. The van der Waals surface area contributed by atoms with Crippen LogP contribution in [0.3, 0.4) is 0 Å². The van der Waals surface area contributed by atoms with Crippen LogP contribution in [-0.2, 0) is 4.74 Å². The Kier molecular flexibility index (Phi) is 10.5. The Morgan fingerprint density at radius 2 is 1.24 bits per heavy atom. The first-order chi connectivity index (χ1) is 12.3. The number of hydrogen-bond donors (Lipinski definition) is 1. The smallest absolute Gasteiger partial charge is 0.0545 e. The molecule has 2 aliphatic rings. The molecule has 0 aromatic carbocycles. The van der Waals surface area contributed by atoms with Gasteiger partial charge in [0.25, 0.3) is 0 Å². The van der Waals surface area contributed by atoms with Crippen molar-refractivity contribution >= 4 is 0 Å². The highest BCUT2D eigenvalue weighted by Gasteiger charge is 2.49. The second kappa shape index (κ2) is 12.3. The Hall–Kier alpha value is -0.0800. The SMILES string of the molecule is CCCCCCCCC(CCCCCCCC)NC1CC2(COC2)C1. The quantitative estimate of drug-likeness (QED) is 0.315. The standard InChI is InChI=1S/C23H45NO/c1-3-5-7-9-11-13-15-21(16-14-12-10-8-6-4-2)24-22-17-23(18-22)19-25-20-23/h21-22,24H,3-20H2,1-2H3. The molecular weight excluding hydrogens is 306 g/mol. The van der Waals surface area contributed by atoms with Crippen molar-refractivity contribution in [3.63, 3.8) is 0 Å². The molecule has 1 aliphatic heterocycles. The summed E-state index contributed by atoms with van der Waals surface area (Å²) >= 11 is 0. The highest BCUT2D eigenvalue weighted by atomic mass is 16.5. The van der Waals surface area contributed by atoms with E-state index >= 15 is 0 Å². The van der Waals surface area contributed by atoms with E-state index in [4.69, 9.17) is 4.74 Å². The predicted molar refractivity (Wildman–Crippen MR) is 109 cm³/mol. The molecule has 0 aromatic heterocycles. The molecule has 0 unspecified atom stereocenters. The van der Waals surface area contributed by atoms with Crippen LogP contribution in [0.4, 0.5) is 0 Å². The fraction of sp³-hybridized carbons (Fsp3) is 1.00. The third-order valence-corrected chi connectivity index (χ3v) is 6.46. The molecule has 1 N–H and O–H groups in total. The molecule has 2 heteroatoms. The summed E-state index contributed by atoms with van der Waals surface area (Å²) in [4.78, 5) is 0. The Bertz CT molecular complexity index is 302. The van der Waals surface area contributed by atoms with Crippen molar-refractivity contribution in [3.8, 4) is 0 Å². The van der Waals surface area contributed by atoms with Gasteiger partial charge in [0.05, 0.1) is 13.2 Å². The van der Waals surface area contributed by atoms with Crippen LogP contribution in [0, 0.1) is 5.41 Å². The number of nitrogens with one attached hydrogen (secondary N) is 1. The molecular formula is C23H45NO. The molecule has 1 heterocycles. The fourth-order valence-electron chi connectivity index (χ4n) is 4.72. The van der Waals surface area contributed by atoms with Crippen LogP contribution in [0.25, 0.3) is 0 Å². The van der Waals surface area contributed by atoms with Gasteiger partial charge in [0.15, 0.2) is 0 Å². The van der Waals surface area contributed by atoms with E-state index in [1.165, 1.54) is 103 Å². The summed E-state index contributed by atoms with van der Waals surface area (Å²) in [5.41, 5.74) is 0.600. The van der Waals surface area contributed by atoms with Crippen LogP contribution in [-0.4, -0.2) is 25.3 Å². The molecule has 0 radical (unpaired) electrons. The van der Waals surface area contributed by atoms with Gasteiger partial charge < -0.3 is 10.1 Å². The lowest BCUT2D eigenvalue weighted by Crippen LogP contribution is -2.60. The van der Waals surface area contributed by atoms with Gasteiger partial charge in [0.2, 0.25) is 0 Å². The van der Waals surface area contributed by atoms with Gasteiger partial charge in [-0.15, -0.1) is 0 Å². The van der Waals surface area contributed by atoms with E-state index in [2.05, 4.69) is 19.2 Å². The molecule has 25 heavy (non-hydrogen) atoms. The predicted octanol–water partition coefficient (Wildman–Crippen LogP) is 6.62. The van der Waals surface area contributed by atoms with Gasteiger partial charge in [-0.2, -0.15) is 0 Å². The van der Waals surface area contributed by atoms with Crippen LogP contribution in [0.5, 0.6) is 0 Å². The first-order valence-corrected chi connectivity index (χ1v) is 11.6. The zero-order chi connectivity index (χ0) is 17.8. The summed E-state index contributed by atoms with van der Waals surface area (Å²) < 4.78 is 5.43. The molecule has 1 spiro atoms. The van der Waals surface area contributed by atoms with E-state index in [9.17, 15) is 0 Å². The summed E-state index contributed by atoms with van der Waals surface area (Å²) in [7, 11) is 0. The minimum Gasteiger partial charge on any atom is -0.380 e. The zero-order valence-electron chi connectivity index (χ0n) is 17.3. The lowest BCUT2D eigenvalue weighted by molar-refractivity contribution is -0.168. The van der Waals surface area contributed by atoms with Gasteiger partial charge in [-0.1, -0.05) is 90.9 Å². The lowest BCUT2D eigenvalue weighted by Gasteiger charge is -2.54. The first-order valence-electron chi connectivity index (χ1n) is 11.6. The largest absolute Gasteiger partial charge is 0.380 e. The van der Waals surface area contributed by atoms with Crippen LogP contribution in [0.2, 0.25) is 0 Å². The minimum atomic E-state index is 0.600. The number of rotatable bonds is 16. The molecule has 0 aromatic rings. The third-order valence-electron chi connectivity index (χ3n) is 6.46. The molecule has 2 rings (SSSR count). The zero-order valence-corrected chi connectivity index (χ0v) is 17.3. The van der Waals surface area contributed by atoms with E-state index in [0.29, 0.717) is 5.41 Å². The average molecular weight is 352 g/mol. The van der Waals surface area contributed by atoms with Crippen LogP contribution in [0.1, 0.15) is 117 Å². The number of hydrogen-bond acceptors (Lipinski definition) is 2. The van der Waals surface area contributed by atoms with E-state index in [-0.39, 0.29) is 0 Å². The second-order valence-corrected chi connectivity index (χ2v) is 9.07. The van der Waals surface area contributed by atoms with Gasteiger partial charge >= 0.3 is 0 Å². The Morgan fingerprint density at radius 1 is 0.760 bits per heavy atom. The molecule has 1 saturated carbocycles. The summed E-state index contributed by atoms with van der Waals surface area (Å²) in [6, 6.07) is 1.56. The van der Waals surface area contributed by atoms with Crippen molar-refractivity contribution in [2.45, 2.75) is 129 Å². The summed E-state index contributed by atoms with van der Waals surface area (Å²) in [6.45, 7) is 6.67. The number of ether oxygens (including phenoxy) is 1. The van der Waals surface area contributed by atoms with Gasteiger partial charge in [0, 0.05) is 17.5 Å². The highest BCUT2D eigenvalue weighted by molar-refractivity contribution is 5.02. The van der Waals surface area contributed by atoms with Crippen molar-refractivity contribution in [3.05, 3.63) is 0 Å². The van der Waals surface area contributed by atoms with E-state index in [1.807, 2.05) is 0 Å². The summed E-state index contributed by atoms with van der Waals surface area (Å²) in [6.07, 6.45) is 22.6. The van der Waals surface area contributed by atoms with E-state index in [0.717, 1.165) is 25.3 Å². The summed E-state index contributed by atoms with van der Waals surface area (Å²) in [5, 5.41) is 4.03. The molecule has 0 atom stereocenters. The molecule has 148 valence electrons. The van der Waals surface area contributed by atoms with Crippen molar-refractivity contribution < 1.29 is 4.74 Å². The average Bonchev–Trinajstić information content (AvgIpc) is 2.54. The van der Waals surface area contributed by atoms with Crippen molar-refractivity contribution in [2.24, 2.45) is 5.41 Å². The Morgan fingerprint density at radius 3 is 1.68 bits per heavy atom. The Balaban J connectivity index is 1.57. The third kappa shape index (κ3) is 7.99. The normalized spacial score (nSPS) is 19.3. The lowest BCUT2D eigenvalue weighted by atomic mass is 9.64. The molecule has 2 fully saturated rings. The molecule has 1 saturated heterocycles. The minimum absolute atomic E-state index is 0.600. The van der Waals surface area contributed by atoms with Crippen LogP contribution in [0.15, 0.2) is 0 Å². The Labute approximate surface area is 157 Å². The van der Waals surface area contributed by atoms with Gasteiger partial charge in [0.1, 0.15) is 0 Å². The molecule has 0 bridgehead atoms. The molecule has 2 nitrogen and oxygen atoms in total. The highest BCUT2D eigenvalue weighted by Crippen LogP contribution is 2.47.